The highest BCUT2D eigenvalue weighted by atomic mass is 32.2. The van der Waals surface area contributed by atoms with Crippen molar-refractivity contribution in [3.63, 3.8) is 0 Å². The van der Waals surface area contributed by atoms with Crippen molar-refractivity contribution in [3.05, 3.63) is 101 Å². The van der Waals surface area contributed by atoms with Gasteiger partial charge in [-0.15, -0.1) is 0 Å². The van der Waals surface area contributed by atoms with Gasteiger partial charge in [-0.1, -0.05) is 79.7 Å². The van der Waals surface area contributed by atoms with E-state index in [-0.39, 0.29) is 29.8 Å². The van der Waals surface area contributed by atoms with E-state index in [1.54, 1.807) is 19.1 Å². The van der Waals surface area contributed by atoms with E-state index in [1.807, 2.05) is 6.07 Å². The Morgan fingerprint density at radius 3 is 1.89 bits per heavy atom. The molecule has 3 aromatic carbocycles. The zero-order valence-corrected chi connectivity index (χ0v) is 26.6. The largest absolute Gasteiger partial charge is 0.466 e. The summed E-state index contributed by atoms with van der Waals surface area (Å²) < 4.78 is 43.1. The molecule has 1 heterocycles. The van der Waals surface area contributed by atoms with E-state index in [0.717, 1.165) is 55.6 Å². The van der Waals surface area contributed by atoms with Gasteiger partial charge in [0.05, 0.1) is 23.2 Å². The molecule has 0 bridgehead atoms. The normalized spacial score (nSPS) is 23.1. The van der Waals surface area contributed by atoms with Gasteiger partial charge in [-0.05, 0) is 85.6 Å². The molecule has 3 saturated carbocycles. The zero-order valence-electron chi connectivity index (χ0n) is 25.8. The Balaban J connectivity index is 0.000000157. The summed E-state index contributed by atoms with van der Waals surface area (Å²) in [6, 6.07) is 26.3. The first-order valence-electron chi connectivity index (χ1n) is 16.3. The van der Waals surface area contributed by atoms with Crippen LogP contribution in [0.3, 0.4) is 0 Å². The maximum atomic E-state index is 12.5. The number of rotatable bonds is 8. The van der Waals surface area contributed by atoms with E-state index < -0.39 is 15.6 Å². The summed E-state index contributed by atoms with van der Waals surface area (Å²) in [6.45, 7) is 4.46. The molecule has 234 valence electrons. The third-order valence-electron chi connectivity index (χ3n) is 9.27. The van der Waals surface area contributed by atoms with Crippen molar-refractivity contribution in [1.29, 1.82) is 0 Å². The zero-order chi connectivity index (χ0) is 30.7. The quantitative estimate of drug-likeness (QED) is 0.239. The Bertz CT molecular complexity index is 1470. The van der Waals surface area contributed by atoms with Crippen LogP contribution < -0.4 is 0 Å². The Morgan fingerprint density at radius 1 is 0.818 bits per heavy atom. The molecule has 6 nitrogen and oxygen atoms in total. The van der Waals surface area contributed by atoms with Crippen molar-refractivity contribution in [2.45, 2.75) is 106 Å². The molecule has 2 atom stereocenters. The molecule has 0 amide bonds. The highest BCUT2D eigenvalue weighted by Gasteiger charge is 2.49. The Morgan fingerprint density at radius 2 is 1.39 bits per heavy atom. The number of sulfone groups is 1. The average Bonchev–Trinajstić information content (AvgIpc) is 3.97. The van der Waals surface area contributed by atoms with Crippen LogP contribution >= 0.6 is 0 Å². The number of hydrogen-bond donors (Lipinski definition) is 0. The summed E-state index contributed by atoms with van der Waals surface area (Å²) in [4.78, 5) is 12.1. The second-order valence-electron chi connectivity index (χ2n) is 12.9. The molecule has 0 unspecified atom stereocenters. The Kier molecular flexibility index (Phi) is 9.27. The predicted molar refractivity (Wildman–Crippen MR) is 170 cm³/mol. The van der Waals surface area contributed by atoms with Gasteiger partial charge in [0.1, 0.15) is 12.2 Å². The van der Waals surface area contributed by atoms with Crippen LogP contribution in [0.15, 0.2) is 83.8 Å². The lowest BCUT2D eigenvalue weighted by Gasteiger charge is -2.34. The van der Waals surface area contributed by atoms with Gasteiger partial charge in [-0.2, -0.15) is 0 Å². The van der Waals surface area contributed by atoms with Crippen molar-refractivity contribution < 1.29 is 27.4 Å². The minimum Gasteiger partial charge on any atom is -0.466 e. The number of carbonyl (C=O) groups is 1. The Labute approximate surface area is 262 Å². The summed E-state index contributed by atoms with van der Waals surface area (Å²) in [5, 5.41) is -0.189. The SMILES string of the molecule is CC1CCC2(CC1)O[C@@H](c1ccccc1)[C@H](c1ccccc1)O2.CCOC(=O)Cc1ccc(S(=O)(=O)C2CC2)c(C2CC2)c1. The molecule has 1 aliphatic heterocycles. The number of carbonyl (C=O) groups excluding carboxylic acids is 1. The molecule has 7 rings (SSSR count). The highest BCUT2D eigenvalue weighted by molar-refractivity contribution is 7.92. The van der Waals surface area contributed by atoms with Crippen molar-refractivity contribution in [3.8, 4) is 0 Å². The molecule has 4 fully saturated rings. The van der Waals surface area contributed by atoms with E-state index in [9.17, 15) is 13.2 Å². The summed E-state index contributed by atoms with van der Waals surface area (Å²) in [6.07, 6.45) is 8.16. The summed E-state index contributed by atoms with van der Waals surface area (Å²) in [5.74, 6) is 0.458. The summed E-state index contributed by atoms with van der Waals surface area (Å²) in [7, 11) is -3.17. The molecule has 1 saturated heterocycles. The van der Waals surface area contributed by atoms with Crippen molar-refractivity contribution in [2.24, 2.45) is 5.92 Å². The topological polar surface area (TPSA) is 78.9 Å². The molecule has 0 aromatic heterocycles. The van der Waals surface area contributed by atoms with E-state index >= 15 is 0 Å². The van der Waals surface area contributed by atoms with Gasteiger partial charge in [0.15, 0.2) is 15.6 Å². The number of ether oxygens (including phenoxy) is 3. The van der Waals surface area contributed by atoms with Crippen molar-refractivity contribution in [1.82, 2.24) is 0 Å². The molecule has 0 N–H and O–H groups in total. The third-order valence-corrected chi connectivity index (χ3v) is 11.6. The monoisotopic (exact) mass is 616 g/mol. The maximum absolute atomic E-state index is 12.5. The van der Waals surface area contributed by atoms with E-state index in [0.29, 0.717) is 17.4 Å². The first-order chi connectivity index (χ1) is 21.3. The Hall–Kier alpha value is -3.00. The lowest BCUT2D eigenvalue weighted by atomic mass is 9.86. The van der Waals surface area contributed by atoms with Crippen LogP contribution in [-0.2, 0) is 35.3 Å². The average molecular weight is 617 g/mol. The molecule has 3 aliphatic carbocycles. The molecule has 44 heavy (non-hydrogen) atoms. The molecule has 7 heteroatoms. The van der Waals surface area contributed by atoms with Gasteiger partial charge in [0.2, 0.25) is 0 Å². The molecule has 1 spiro atoms. The van der Waals surface area contributed by atoms with Gasteiger partial charge in [0.25, 0.3) is 0 Å². The molecular weight excluding hydrogens is 572 g/mol. The van der Waals surface area contributed by atoms with E-state index in [2.05, 4.69) is 67.6 Å². The fraction of sp³-hybridized carbons (Fsp3) is 0.486. The van der Waals surface area contributed by atoms with E-state index in [1.165, 1.54) is 24.0 Å². The van der Waals surface area contributed by atoms with Gasteiger partial charge in [-0.25, -0.2) is 8.42 Å². The molecule has 0 radical (unpaired) electrons. The molecule has 3 aromatic rings. The van der Waals surface area contributed by atoms with Crippen molar-refractivity contribution >= 4 is 15.8 Å². The molecule has 4 aliphatic rings. The first kappa shape index (κ1) is 31.0. The van der Waals surface area contributed by atoms with Crippen LogP contribution in [0.5, 0.6) is 0 Å². The van der Waals surface area contributed by atoms with Crippen LogP contribution in [-0.4, -0.2) is 32.0 Å². The minimum atomic E-state index is -3.17. The van der Waals surface area contributed by atoms with Gasteiger partial charge in [0, 0.05) is 12.8 Å². The summed E-state index contributed by atoms with van der Waals surface area (Å²) in [5.41, 5.74) is 4.16. The smallest absolute Gasteiger partial charge is 0.310 e. The van der Waals surface area contributed by atoms with E-state index in [4.69, 9.17) is 14.2 Å². The maximum Gasteiger partial charge on any atom is 0.310 e. The van der Waals surface area contributed by atoms with Gasteiger partial charge in [-0.3, -0.25) is 4.79 Å². The predicted octanol–water partition coefficient (Wildman–Crippen LogP) is 8.03. The van der Waals surface area contributed by atoms with Crippen LogP contribution in [0.4, 0.5) is 0 Å². The number of esters is 1. The third kappa shape index (κ3) is 7.11. The first-order valence-corrected chi connectivity index (χ1v) is 17.8. The fourth-order valence-electron chi connectivity index (χ4n) is 6.44. The van der Waals surface area contributed by atoms with Crippen LogP contribution in [0.1, 0.15) is 106 Å². The van der Waals surface area contributed by atoms with Gasteiger partial charge >= 0.3 is 5.97 Å². The standard InChI is InChI=1S/C21H24O2.C16H20O4S/c1-16-12-14-21(15-13-16)22-19(17-8-4-2-5-9-17)20(23-21)18-10-6-3-7-11-18;1-2-20-16(17)10-11-3-8-15(14(9-11)12-4-5-12)21(18,19)13-6-7-13/h2-11,16,19-20H,12-15H2,1H3;3,8-9,12-13H,2,4-7,10H2,1H3/t19-,20-;/m0./s1. The van der Waals surface area contributed by atoms with Crippen LogP contribution in [0.2, 0.25) is 0 Å². The number of hydrogen-bond acceptors (Lipinski definition) is 6. The number of benzene rings is 3. The highest BCUT2D eigenvalue weighted by Crippen LogP contribution is 2.52. The summed E-state index contributed by atoms with van der Waals surface area (Å²) >= 11 is 0. The lowest BCUT2D eigenvalue weighted by molar-refractivity contribution is -0.199. The van der Waals surface area contributed by atoms with Crippen LogP contribution in [0, 0.1) is 5.92 Å². The minimum absolute atomic E-state index is 0.0213. The van der Waals surface area contributed by atoms with Crippen LogP contribution in [0.25, 0.3) is 0 Å². The fourth-order valence-corrected chi connectivity index (χ4v) is 8.37. The lowest BCUT2D eigenvalue weighted by Crippen LogP contribution is -2.34. The second-order valence-corrected chi connectivity index (χ2v) is 15.1. The van der Waals surface area contributed by atoms with Gasteiger partial charge < -0.3 is 14.2 Å². The second kappa shape index (κ2) is 13.2. The molecular formula is C37H44O6S. The van der Waals surface area contributed by atoms with Crippen molar-refractivity contribution in [2.75, 3.05) is 6.61 Å².